The molecule has 4 rings (SSSR count). The first-order valence-electron chi connectivity index (χ1n) is 9.59. The summed E-state index contributed by atoms with van der Waals surface area (Å²) in [5, 5.41) is 4.16. The van der Waals surface area contributed by atoms with Gasteiger partial charge in [0.1, 0.15) is 0 Å². The van der Waals surface area contributed by atoms with Gasteiger partial charge in [0.2, 0.25) is 11.8 Å². The van der Waals surface area contributed by atoms with Crippen LogP contribution in [0.5, 0.6) is 0 Å². The summed E-state index contributed by atoms with van der Waals surface area (Å²) in [4.78, 5) is 28.8. The maximum absolute atomic E-state index is 12.5. The van der Waals surface area contributed by atoms with Gasteiger partial charge in [-0.15, -0.1) is 0 Å². The monoisotopic (exact) mass is 344 g/mol. The Morgan fingerprint density at radius 1 is 1.28 bits per heavy atom. The van der Waals surface area contributed by atoms with Gasteiger partial charge in [-0.3, -0.25) is 14.3 Å². The average molecular weight is 344 g/mol. The van der Waals surface area contributed by atoms with Gasteiger partial charge in [-0.1, -0.05) is 0 Å². The topological polar surface area (TPSA) is 58.4 Å². The zero-order valence-electron chi connectivity index (χ0n) is 15.1. The van der Waals surface area contributed by atoms with Crippen LogP contribution in [0.1, 0.15) is 50.5 Å². The first-order valence-corrected chi connectivity index (χ1v) is 9.59. The van der Waals surface area contributed by atoms with Crippen LogP contribution >= 0.6 is 0 Å². The van der Waals surface area contributed by atoms with Crippen molar-refractivity contribution in [3.8, 4) is 0 Å². The van der Waals surface area contributed by atoms with Gasteiger partial charge in [-0.2, -0.15) is 5.10 Å². The van der Waals surface area contributed by atoms with E-state index in [1.165, 1.54) is 12.8 Å². The quantitative estimate of drug-likeness (QED) is 0.836. The van der Waals surface area contributed by atoms with Crippen molar-refractivity contribution in [1.29, 1.82) is 0 Å². The molecule has 6 heteroatoms. The van der Waals surface area contributed by atoms with Crippen LogP contribution in [0.3, 0.4) is 0 Å². The van der Waals surface area contributed by atoms with E-state index in [0.717, 1.165) is 50.9 Å². The van der Waals surface area contributed by atoms with Crippen LogP contribution in [-0.2, 0) is 23.1 Å². The van der Waals surface area contributed by atoms with E-state index in [1.807, 2.05) is 24.3 Å². The number of rotatable bonds is 4. The first kappa shape index (κ1) is 16.6. The van der Waals surface area contributed by atoms with Crippen molar-refractivity contribution in [1.82, 2.24) is 19.6 Å². The SMILES string of the molecule is Cn1cc(CCC(=O)N2CCC3(CCC(=O)N(C4CC4)C3)CC2)cn1. The molecule has 0 N–H and O–H groups in total. The maximum Gasteiger partial charge on any atom is 0.222 e. The summed E-state index contributed by atoms with van der Waals surface area (Å²) >= 11 is 0. The van der Waals surface area contributed by atoms with E-state index < -0.39 is 0 Å². The van der Waals surface area contributed by atoms with Crippen LogP contribution in [0.15, 0.2) is 12.4 Å². The largest absolute Gasteiger partial charge is 0.343 e. The molecular weight excluding hydrogens is 316 g/mol. The molecule has 3 aliphatic rings. The van der Waals surface area contributed by atoms with E-state index in [0.29, 0.717) is 24.8 Å². The molecule has 3 heterocycles. The zero-order chi connectivity index (χ0) is 17.4. The van der Waals surface area contributed by atoms with Gasteiger partial charge in [-0.05, 0) is 49.5 Å². The highest BCUT2D eigenvalue weighted by Crippen LogP contribution is 2.43. The minimum Gasteiger partial charge on any atom is -0.343 e. The molecule has 1 spiro atoms. The zero-order valence-corrected chi connectivity index (χ0v) is 15.1. The fourth-order valence-electron chi connectivity index (χ4n) is 4.41. The molecule has 0 atom stereocenters. The second kappa shape index (κ2) is 6.46. The fourth-order valence-corrected chi connectivity index (χ4v) is 4.41. The lowest BCUT2D eigenvalue weighted by molar-refractivity contribution is -0.143. The Bertz CT molecular complexity index is 656. The molecule has 25 heavy (non-hydrogen) atoms. The molecule has 2 saturated heterocycles. The third-order valence-corrected chi connectivity index (χ3v) is 6.25. The predicted octanol–water partition coefficient (Wildman–Crippen LogP) is 1.75. The van der Waals surface area contributed by atoms with E-state index in [-0.39, 0.29) is 11.3 Å². The van der Waals surface area contributed by atoms with Gasteiger partial charge in [0.05, 0.1) is 6.20 Å². The Balaban J connectivity index is 1.28. The molecule has 0 unspecified atom stereocenters. The van der Waals surface area contributed by atoms with E-state index >= 15 is 0 Å². The minimum absolute atomic E-state index is 0.254. The van der Waals surface area contributed by atoms with Crippen molar-refractivity contribution in [3.63, 3.8) is 0 Å². The number of piperidine rings is 2. The first-order chi connectivity index (χ1) is 12.0. The third-order valence-electron chi connectivity index (χ3n) is 6.25. The lowest BCUT2D eigenvalue weighted by Gasteiger charge is -2.47. The fraction of sp³-hybridized carbons (Fsp3) is 0.737. The van der Waals surface area contributed by atoms with Gasteiger partial charge in [0.15, 0.2) is 0 Å². The Labute approximate surface area is 149 Å². The summed E-state index contributed by atoms with van der Waals surface area (Å²) in [6.07, 6.45) is 11.3. The van der Waals surface area contributed by atoms with Crippen LogP contribution in [0.4, 0.5) is 0 Å². The number of aryl methyl sites for hydroxylation is 2. The standard InChI is InChI=1S/C19H28N4O2/c1-21-13-15(12-20-21)2-5-17(24)22-10-8-19(9-11-22)7-6-18(25)23(14-19)16-3-4-16/h12-13,16H,2-11,14H2,1H3. The summed E-state index contributed by atoms with van der Waals surface area (Å²) in [6.45, 7) is 2.62. The van der Waals surface area contributed by atoms with Crippen molar-refractivity contribution in [2.45, 2.75) is 57.4 Å². The molecule has 0 bridgehead atoms. The van der Waals surface area contributed by atoms with Crippen LogP contribution in [0, 0.1) is 5.41 Å². The average Bonchev–Trinajstić information content (AvgIpc) is 3.38. The van der Waals surface area contributed by atoms with Crippen molar-refractivity contribution in [3.05, 3.63) is 18.0 Å². The number of likely N-dealkylation sites (tertiary alicyclic amines) is 2. The van der Waals surface area contributed by atoms with Gasteiger partial charge in [0, 0.05) is 51.8 Å². The van der Waals surface area contributed by atoms with Crippen LogP contribution in [-0.4, -0.2) is 57.1 Å². The molecule has 1 aliphatic carbocycles. The van der Waals surface area contributed by atoms with Crippen molar-refractivity contribution in [2.75, 3.05) is 19.6 Å². The highest BCUT2D eigenvalue weighted by Gasteiger charge is 2.45. The van der Waals surface area contributed by atoms with Gasteiger partial charge in [0.25, 0.3) is 0 Å². The smallest absolute Gasteiger partial charge is 0.222 e. The highest BCUT2D eigenvalue weighted by molar-refractivity contribution is 5.78. The predicted molar refractivity (Wildman–Crippen MR) is 93.7 cm³/mol. The molecule has 1 aromatic heterocycles. The Hall–Kier alpha value is -1.85. The second-order valence-corrected chi connectivity index (χ2v) is 8.16. The van der Waals surface area contributed by atoms with Gasteiger partial charge < -0.3 is 9.80 Å². The lowest BCUT2D eigenvalue weighted by Crippen LogP contribution is -2.52. The van der Waals surface area contributed by atoms with Gasteiger partial charge >= 0.3 is 0 Å². The molecule has 6 nitrogen and oxygen atoms in total. The van der Waals surface area contributed by atoms with Crippen molar-refractivity contribution < 1.29 is 9.59 Å². The number of carbonyl (C=O) groups excluding carboxylic acids is 2. The molecule has 1 saturated carbocycles. The summed E-state index contributed by atoms with van der Waals surface area (Å²) in [5.74, 6) is 0.604. The lowest BCUT2D eigenvalue weighted by atomic mass is 9.72. The Kier molecular flexibility index (Phi) is 4.29. The summed E-state index contributed by atoms with van der Waals surface area (Å²) in [5.41, 5.74) is 1.38. The number of amides is 2. The minimum atomic E-state index is 0.254. The van der Waals surface area contributed by atoms with E-state index in [9.17, 15) is 9.59 Å². The third kappa shape index (κ3) is 3.58. The molecule has 2 aliphatic heterocycles. The highest BCUT2D eigenvalue weighted by atomic mass is 16.2. The molecule has 1 aromatic rings. The van der Waals surface area contributed by atoms with Crippen molar-refractivity contribution >= 4 is 11.8 Å². The molecule has 0 radical (unpaired) electrons. The molecule has 2 amide bonds. The van der Waals surface area contributed by atoms with Crippen LogP contribution < -0.4 is 0 Å². The number of hydrogen-bond acceptors (Lipinski definition) is 3. The second-order valence-electron chi connectivity index (χ2n) is 8.16. The van der Waals surface area contributed by atoms with Crippen molar-refractivity contribution in [2.24, 2.45) is 12.5 Å². The molecular formula is C19H28N4O2. The normalized spacial score (nSPS) is 23.3. The summed E-state index contributed by atoms with van der Waals surface area (Å²) in [7, 11) is 1.90. The number of carbonyl (C=O) groups is 2. The van der Waals surface area contributed by atoms with Gasteiger partial charge in [-0.25, -0.2) is 0 Å². The Morgan fingerprint density at radius 3 is 2.68 bits per heavy atom. The molecule has 3 fully saturated rings. The summed E-state index contributed by atoms with van der Waals surface area (Å²) in [6, 6.07) is 0.517. The molecule has 136 valence electrons. The Morgan fingerprint density at radius 2 is 2.04 bits per heavy atom. The summed E-state index contributed by atoms with van der Waals surface area (Å²) < 4.78 is 1.78. The van der Waals surface area contributed by atoms with E-state index in [2.05, 4.69) is 10.00 Å². The van der Waals surface area contributed by atoms with E-state index in [1.54, 1.807) is 4.68 Å². The van der Waals surface area contributed by atoms with Crippen LogP contribution in [0.2, 0.25) is 0 Å². The maximum atomic E-state index is 12.5. The molecule has 0 aromatic carbocycles. The number of hydrogen-bond donors (Lipinski definition) is 0. The number of aromatic nitrogens is 2. The van der Waals surface area contributed by atoms with Crippen LogP contribution in [0.25, 0.3) is 0 Å². The van der Waals surface area contributed by atoms with E-state index in [4.69, 9.17) is 0 Å². The number of nitrogens with zero attached hydrogens (tertiary/aromatic N) is 4.